The summed E-state index contributed by atoms with van der Waals surface area (Å²) in [4.78, 5) is 70.7. The van der Waals surface area contributed by atoms with Gasteiger partial charge in [0.1, 0.15) is 32.2 Å². The molecule has 1 saturated heterocycles. The zero-order valence-electron chi connectivity index (χ0n) is 18.4. The quantitative estimate of drug-likeness (QED) is 0.150. The highest BCUT2D eigenvalue weighted by molar-refractivity contribution is 6.17. The van der Waals surface area contributed by atoms with E-state index in [0.29, 0.717) is 0 Å². The molecule has 2 heterocycles. The number of aromatic carboxylic acids is 1. The van der Waals surface area contributed by atoms with E-state index in [1.165, 1.54) is 6.08 Å². The first-order chi connectivity index (χ1) is 17.1. The van der Waals surface area contributed by atoms with Gasteiger partial charge in [0, 0.05) is 0 Å². The molecule has 0 saturated carbocycles. The molecule has 0 bridgehead atoms. The molecule has 36 heavy (non-hydrogen) atoms. The molecular formula is C22H18O14. The van der Waals surface area contributed by atoms with Gasteiger partial charge in [-0.05, 0) is 18.2 Å². The number of esters is 3. The number of ether oxygens (including phenoxy) is 7. The van der Waals surface area contributed by atoms with Gasteiger partial charge in [-0.2, -0.15) is 0 Å². The topological polar surface area (TPSA) is 187 Å². The van der Waals surface area contributed by atoms with Gasteiger partial charge in [-0.25, -0.2) is 28.8 Å². The lowest BCUT2D eigenvalue weighted by Gasteiger charge is -2.19. The first kappa shape index (κ1) is 25.7. The number of rotatable bonds is 11. The van der Waals surface area contributed by atoms with Gasteiger partial charge in [0.05, 0.1) is 22.3 Å². The normalized spacial score (nSPS) is 16.6. The lowest BCUT2D eigenvalue weighted by molar-refractivity contribution is -0.0315. The molecule has 0 radical (unpaired) electrons. The van der Waals surface area contributed by atoms with Gasteiger partial charge in [0.25, 0.3) is 0 Å². The van der Waals surface area contributed by atoms with Crippen molar-refractivity contribution in [1.82, 2.24) is 0 Å². The van der Waals surface area contributed by atoms with Crippen molar-refractivity contribution in [2.45, 2.75) is 12.2 Å². The largest absolute Gasteiger partial charge is 0.508 e. The van der Waals surface area contributed by atoms with Crippen LogP contribution in [-0.2, 0) is 33.2 Å². The van der Waals surface area contributed by atoms with Gasteiger partial charge in [0.15, 0.2) is 12.2 Å². The molecule has 1 fully saturated rings. The fraction of sp³-hybridized carbons (Fsp3) is 0.273. The number of carbonyl (C=O) groups excluding carboxylic acids is 5. The van der Waals surface area contributed by atoms with Crippen molar-refractivity contribution in [2.75, 3.05) is 26.4 Å². The Hall–Kier alpha value is -4.88. The number of benzene rings is 1. The number of cyclic esters (lactones) is 4. The SMILES string of the molecule is C=CC(=C)OCC(COC(=O)OCC1COC(=O)O1)OC(=O)c1cc2c(cc1C(=O)O)C(=O)OC2=O. The third kappa shape index (κ3) is 6.16. The maximum absolute atomic E-state index is 12.8. The molecule has 2 atom stereocenters. The van der Waals surface area contributed by atoms with Crippen LogP contribution in [0.4, 0.5) is 9.59 Å². The first-order valence-corrected chi connectivity index (χ1v) is 10.0. The average molecular weight is 506 g/mol. The number of carboxylic acid groups (broad SMARTS) is 1. The first-order valence-electron chi connectivity index (χ1n) is 10.0. The van der Waals surface area contributed by atoms with Crippen LogP contribution in [0.2, 0.25) is 0 Å². The van der Waals surface area contributed by atoms with Crippen LogP contribution in [0.15, 0.2) is 37.1 Å². The van der Waals surface area contributed by atoms with E-state index in [1.807, 2.05) is 0 Å². The Labute approximate surface area is 201 Å². The van der Waals surface area contributed by atoms with Crippen LogP contribution in [0.25, 0.3) is 0 Å². The van der Waals surface area contributed by atoms with Gasteiger partial charge in [-0.1, -0.05) is 13.2 Å². The highest BCUT2D eigenvalue weighted by Gasteiger charge is 2.34. The Morgan fingerprint density at radius 3 is 2.28 bits per heavy atom. The molecule has 1 aromatic carbocycles. The monoisotopic (exact) mass is 506 g/mol. The van der Waals surface area contributed by atoms with E-state index in [0.717, 1.165) is 12.1 Å². The standard InChI is InChI=1S/C22H18O14/c1-3-10(2)30-6-11(7-31-21(28)32-8-12-9-33-22(29)35-12)34-18(25)14-5-16-15(4-13(14)17(23)24)19(26)36-20(16)27/h3-5,11-12H,1-2,6-9H2,(H,23,24). The maximum Gasteiger partial charge on any atom is 0.508 e. The van der Waals surface area contributed by atoms with E-state index >= 15 is 0 Å². The summed E-state index contributed by atoms with van der Waals surface area (Å²) in [6, 6.07) is 1.68. The summed E-state index contributed by atoms with van der Waals surface area (Å²) in [6.07, 6.45) is -2.98. The predicted molar refractivity (Wildman–Crippen MR) is 111 cm³/mol. The third-order valence-corrected chi connectivity index (χ3v) is 4.61. The summed E-state index contributed by atoms with van der Waals surface area (Å²) >= 11 is 0. The molecule has 1 aromatic rings. The van der Waals surface area contributed by atoms with Crippen molar-refractivity contribution in [2.24, 2.45) is 0 Å². The zero-order chi connectivity index (χ0) is 26.4. The molecule has 3 rings (SSSR count). The van der Waals surface area contributed by atoms with E-state index in [-0.39, 0.29) is 30.1 Å². The van der Waals surface area contributed by atoms with Crippen molar-refractivity contribution in [1.29, 1.82) is 0 Å². The molecule has 2 aliphatic rings. The molecule has 0 spiro atoms. The number of hydrogen-bond acceptors (Lipinski definition) is 13. The Balaban J connectivity index is 1.70. The van der Waals surface area contributed by atoms with Crippen molar-refractivity contribution >= 4 is 36.2 Å². The number of allylic oxidation sites excluding steroid dienone is 1. The molecule has 0 aliphatic carbocycles. The predicted octanol–water partition coefficient (Wildman–Crippen LogP) is 1.63. The van der Waals surface area contributed by atoms with Crippen LogP contribution in [0.3, 0.4) is 0 Å². The number of hydrogen-bond donors (Lipinski definition) is 1. The fourth-order valence-corrected chi connectivity index (χ4v) is 2.88. The van der Waals surface area contributed by atoms with E-state index < -0.39 is 72.7 Å². The molecule has 2 unspecified atom stereocenters. The number of carbonyl (C=O) groups is 6. The summed E-state index contributed by atoms with van der Waals surface area (Å²) in [7, 11) is 0. The minimum Gasteiger partial charge on any atom is -0.490 e. The molecular weight excluding hydrogens is 488 g/mol. The van der Waals surface area contributed by atoms with Gasteiger partial charge in [0.2, 0.25) is 0 Å². The van der Waals surface area contributed by atoms with Crippen molar-refractivity contribution in [3.05, 3.63) is 59.4 Å². The Morgan fingerprint density at radius 1 is 1.06 bits per heavy atom. The van der Waals surface area contributed by atoms with Crippen LogP contribution >= 0.6 is 0 Å². The lowest BCUT2D eigenvalue weighted by atomic mass is 9.99. The summed E-state index contributed by atoms with van der Waals surface area (Å²) in [5.74, 6) is -4.84. The van der Waals surface area contributed by atoms with Crippen LogP contribution in [0.5, 0.6) is 0 Å². The highest BCUT2D eigenvalue weighted by Crippen LogP contribution is 2.25. The van der Waals surface area contributed by atoms with Gasteiger partial charge >= 0.3 is 36.2 Å². The summed E-state index contributed by atoms with van der Waals surface area (Å²) in [6.45, 7) is 5.49. The van der Waals surface area contributed by atoms with Gasteiger partial charge in [-0.15, -0.1) is 0 Å². The van der Waals surface area contributed by atoms with Crippen LogP contribution < -0.4 is 0 Å². The van der Waals surface area contributed by atoms with E-state index in [1.54, 1.807) is 0 Å². The number of carboxylic acids is 1. The molecule has 14 nitrogen and oxygen atoms in total. The minimum atomic E-state index is -1.58. The lowest BCUT2D eigenvalue weighted by Crippen LogP contribution is -2.31. The Morgan fingerprint density at radius 2 is 1.69 bits per heavy atom. The van der Waals surface area contributed by atoms with E-state index in [4.69, 9.17) is 18.9 Å². The van der Waals surface area contributed by atoms with E-state index in [9.17, 15) is 33.9 Å². The van der Waals surface area contributed by atoms with Crippen LogP contribution in [-0.4, -0.2) is 79.9 Å². The molecule has 0 amide bonds. The second-order valence-corrected chi connectivity index (χ2v) is 7.11. The molecule has 190 valence electrons. The van der Waals surface area contributed by atoms with Crippen molar-refractivity contribution in [3.8, 4) is 0 Å². The molecule has 1 N–H and O–H groups in total. The zero-order valence-corrected chi connectivity index (χ0v) is 18.4. The summed E-state index contributed by atoms with van der Waals surface area (Å²) < 4.78 is 33.8. The second kappa shape index (κ2) is 11.0. The fourth-order valence-electron chi connectivity index (χ4n) is 2.88. The summed E-state index contributed by atoms with van der Waals surface area (Å²) in [5, 5.41) is 9.46. The number of fused-ring (bicyclic) bond motifs is 1. The Bertz CT molecular complexity index is 1150. The van der Waals surface area contributed by atoms with Crippen LogP contribution in [0, 0.1) is 0 Å². The molecule has 2 aliphatic heterocycles. The average Bonchev–Trinajstić information content (AvgIpc) is 3.39. The van der Waals surface area contributed by atoms with Crippen molar-refractivity contribution in [3.63, 3.8) is 0 Å². The smallest absolute Gasteiger partial charge is 0.490 e. The van der Waals surface area contributed by atoms with Gasteiger partial charge in [-0.3, -0.25) is 0 Å². The Kier molecular flexibility index (Phi) is 7.89. The van der Waals surface area contributed by atoms with Crippen molar-refractivity contribution < 1.29 is 67.0 Å². The van der Waals surface area contributed by atoms with Gasteiger partial charge < -0.3 is 38.3 Å². The molecule has 0 aromatic heterocycles. The minimum absolute atomic E-state index is 0.0895. The highest BCUT2D eigenvalue weighted by atomic mass is 16.8. The van der Waals surface area contributed by atoms with E-state index in [2.05, 4.69) is 27.4 Å². The second-order valence-electron chi connectivity index (χ2n) is 7.11. The third-order valence-electron chi connectivity index (χ3n) is 4.61. The van der Waals surface area contributed by atoms with Crippen LogP contribution in [0.1, 0.15) is 41.4 Å². The molecule has 14 heteroatoms. The maximum atomic E-state index is 12.8. The summed E-state index contributed by atoms with van der Waals surface area (Å²) in [5.41, 5.74) is -1.83.